The number of benzene rings is 3. The van der Waals surface area contributed by atoms with Gasteiger partial charge in [-0.05, 0) is 22.9 Å². The van der Waals surface area contributed by atoms with Crippen molar-refractivity contribution in [2.75, 3.05) is 7.11 Å². The zero-order valence-electron chi connectivity index (χ0n) is 10.6. The van der Waals surface area contributed by atoms with Gasteiger partial charge in [0.1, 0.15) is 11.5 Å². The highest BCUT2D eigenvalue weighted by molar-refractivity contribution is 6.00. The number of methoxy groups -OCH3 is 1. The molecular weight excluding hydrogens is 236 g/mol. The number of rotatable bonds is 2. The van der Waals surface area contributed by atoms with Crippen LogP contribution < -0.4 is 4.74 Å². The third kappa shape index (κ3) is 1.91. The van der Waals surface area contributed by atoms with Crippen molar-refractivity contribution < 1.29 is 9.84 Å². The zero-order valence-corrected chi connectivity index (χ0v) is 10.6. The van der Waals surface area contributed by atoms with Crippen molar-refractivity contribution in [3.63, 3.8) is 0 Å². The van der Waals surface area contributed by atoms with E-state index in [-0.39, 0.29) is 5.75 Å². The molecule has 0 amide bonds. The van der Waals surface area contributed by atoms with Crippen molar-refractivity contribution >= 4 is 10.8 Å². The molecule has 19 heavy (non-hydrogen) atoms. The molecule has 3 rings (SSSR count). The first-order valence-corrected chi connectivity index (χ1v) is 6.15. The van der Waals surface area contributed by atoms with Crippen molar-refractivity contribution in [2.45, 2.75) is 0 Å². The second kappa shape index (κ2) is 4.65. The van der Waals surface area contributed by atoms with E-state index in [4.69, 9.17) is 4.74 Å². The maximum atomic E-state index is 10.2. The van der Waals surface area contributed by atoms with E-state index in [9.17, 15) is 5.11 Å². The molecule has 2 nitrogen and oxygen atoms in total. The van der Waals surface area contributed by atoms with Crippen LogP contribution in [0.15, 0.2) is 60.7 Å². The summed E-state index contributed by atoms with van der Waals surface area (Å²) in [4.78, 5) is 0. The standard InChI is InChI=1S/C17H14O2/c1-19-16-9-5-4-8-14(16)17-13-7-3-2-6-12(13)10-11-15(17)18/h2-11,18H,1H3. The van der Waals surface area contributed by atoms with Gasteiger partial charge in [0.05, 0.1) is 7.11 Å². The molecule has 0 radical (unpaired) electrons. The van der Waals surface area contributed by atoms with Crippen molar-refractivity contribution in [2.24, 2.45) is 0 Å². The Morgan fingerprint density at radius 3 is 2.42 bits per heavy atom. The summed E-state index contributed by atoms with van der Waals surface area (Å²) in [6, 6.07) is 19.4. The maximum absolute atomic E-state index is 10.2. The number of ether oxygens (including phenoxy) is 1. The van der Waals surface area contributed by atoms with Gasteiger partial charge in [-0.15, -0.1) is 0 Å². The monoisotopic (exact) mass is 250 g/mol. The molecule has 0 bridgehead atoms. The summed E-state index contributed by atoms with van der Waals surface area (Å²) in [6.45, 7) is 0. The van der Waals surface area contributed by atoms with Crippen LogP contribution >= 0.6 is 0 Å². The maximum Gasteiger partial charge on any atom is 0.126 e. The molecule has 0 aromatic heterocycles. The van der Waals surface area contributed by atoms with Gasteiger partial charge < -0.3 is 9.84 Å². The second-order valence-electron chi connectivity index (χ2n) is 4.38. The van der Waals surface area contributed by atoms with Gasteiger partial charge in [-0.25, -0.2) is 0 Å². The van der Waals surface area contributed by atoms with E-state index in [0.717, 1.165) is 27.6 Å². The van der Waals surface area contributed by atoms with Crippen molar-refractivity contribution in [1.29, 1.82) is 0 Å². The molecule has 0 aliphatic rings. The Balaban J connectivity index is 2.38. The second-order valence-corrected chi connectivity index (χ2v) is 4.38. The molecule has 2 heteroatoms. The fourth-order valence-corrected chi connectivity index (χ4v) is 2.39. The molecule has 0 saturated carbocycles. The molecule has 0 atom stereocenters. The summed E-state index contributed by atoms with van der Waals surface area (Å²) in [5, 5.41) is 12.3. The van der Waals surface area contributed by atoms with Gasteiger partial charge in [0.2, 0.25) is 0 Å². The van der Waals surface area contributed by atoms with E-state index in [1.54, 1.807) is 13.2 Å². The number of para-hydroxylation sites is 1. The van der Waals surface area contributed by atoms with Crippen LogP contribution in [0.3, 0.4) is 0 Å². The fraction of sp³-hybridized carbons (Fsp3) is 0.0588. The molecule has 0 aliphatic heterocycles. The minimum atomic E-state index is 0.267. The Morgan fingerprint density at radius 2 is 1.58 bits per heavy atom. The van der Waals surface area contributed by atoms with Gasteiger partial charge in [-0.2, -0.15) is 0 Å². The summed E-state index contributed by atoms with van der Waals surface area (Å²) in [6.07, 6.45) is 0. The van der Waals surface area contributed by atoms with Crippen LogP contribution in [0.25, 0.3) is 21.9 Å². The predicted molar refractivity (Wildman–Crippen MR) is 77.6 cm³/mol. The summed E-state index contributed by atoms with van der Waals surface area (Å²) < 4.78 is 5.39. The lowest BCUT2D eigenvalue weighted by Crippen LogP contribution is -1.89. The molecule has 0 heterocycles. The van der Waals surface area contributed by atoms with E-state index in [1.165, 1.54) is 0 Å². The van der Waals surface area contributed by atoms with Crippen LogP contribution in [0.5, 0.6) is 11.5 Å². The molecule has 0 fully saturated rings. The summed E-state index contributed by atoms with van der Waals surface area (Å²) in [5.41, 5.74) is 1.72. The third-order valence-electron chi connectivity index (χ3n) is 3.28. The molecule has 3 aromatic carbocycles. The van der Waals surface area contributed by atoms with E-state index < -0.39 is 0 Å². The van der Waals surface area contributed by atoms with Gasteiger partial charge in [0.25, 0.3) is 0 Å². The van der Waals surface area contributed by atoms with Crippen molar-refractivity contribution in [3.05, 3.63) is 60.7 Å². The molecule has 0 saturated heterocycles. The Hall–Kier alpha value is -2.48. The lowest BCUT2D eigenvalue weighted by atomic mass is 9.96. The molecule has 0 unspecified atom stereocenters. The Morgan fingerprint density at radius 1 is 0.842 bits per heavy atom. The van der Waals surface area contributed by atoms with Gasteiger partial charge in [0.15, 0.2) is 0 Å². The van der Waals surface area contributed by atoms with Crippen LogP contribution in [-0.2, 0) is 0 Å². The summed E-state index contributed by atoms with van der Waals surface area (Å²) in [7, 11) is 1.64. The highest BCUT2D eigenvalue weighted by Gasteiger charge is 2.12. The average Bonchev–Trinajstić information content (AvgIpc) is 2.47. The number of phenolic OH excluding ortho intramolecular Hbond substituents is 1. The molecule has 0 aliphatic carbocycles. The molecular formula is C17H14O2. The van der Waals surface area contributed by atoms with E-state index >= 15 is 0 Å². The highest BCUT2D eigenvalue weighted by atomic mass is 16.5. The number of phenols is 1. The number of hydrogen-bond donors (Lipinski definition) is 1. The Kier molecular flexibility index (Phi) is 2.84. The van der Waals surface area contributed by atoms with Crippen LogP contribution in [-0.4, -0.2) is 12.2 Å². The molecule has 94 valence electrons. The van der Waals surface area contributed by atoms with Gasteiger partial charge >= 0.3 is 0 Å². The SMILES string of the molecule is COc1ccccc1-c1c(O)ccc2ccccc12. The van der Waals surface area contributed by atoms with E-state index in [1.807, 2.05) is 54.6 Å². The van der Waals surface area contributed by atoms with Gasteiger partial charge in [-0.1, -0.05) is 48.5 Å². The lowest BCUT2D eigenvalue weighted by Gasteiger charge is -2.12. The van der Waals surface area contributed by atoms with Crippen LogP contribution in [0.1, 0.15) is 0 Å². The fourth-order valence-electron chi connectivity index (χ4n) is 2.39. The summed E-state index contributed by atoms with van der Waals surface area (Å²) >= 11 is 0. The number of hydrogen-bond acceptors (Lipinski definition) is 2. The predicted octanol–water partition coefficient (Wildman–Crippen LogP) is 4.22. The normalized spacial score (nSPS) is 10.6. The number of fused-ring (bicyclic) bond motifs is 1. The Labute approximate surface area is 111 Å². The topological polar surface area (TPSA) is 29.5 Å². The first kappa shape index (κ1) is 11.6. The first-order chi connectivity index (χ1) is 9.31. The highest BCUT2D eigenvalue weighted by Crippen LogP contribution is 2.40. The summed E-state index contributed by atoms with van der Waals surface area (Å²) in [5.74, 6) is 1.03. The van der Waals surface area contributed by atoms with Crippen LogP contribution in [0, 0.1) is 0 Å². The van der Waals surface area contributed by atoms with E-state index in [2.05, 4.69) is 0 Å². The first-order valence-electron chi connectivity index (χ1n) is 6.15. The quantitative estimate of drug-likeness (QED) is 0.737. The third-order valence-corrected chi connectivity index (χ3v) is 3.28. The number of aromatic hydroxyl groups is 1. The molecule has 0 spiro atoms. The lowest BCUT2D eigenvalue weighted by molar-refractivity contribution is 0.416. The molecule has 1 N–H and O–H groups in total. The largest absolute Gasteiger partial charge is 0.507 e. The minimum absolute atomic E-state index is 0.267. The van der Waals surface area contributed by atoms with Gasteiger partial charge in [-0.3, -0.25) is 0 Å². The van der Waals surface area contributed by atoms with E-state index in [0.29, 0.717) is 0 Å². The van der Waals surface area contributed by atoms with Gasteiger partial charge in [0, 0.05) is 11.1 Å². The average molecular weight is 250 g/mol. The smallest absolute Gasteiger partial charge is 0.126 e. The zero-order chi connectivity index (χ0) is 13.2. The van der Waals surface area contributed by atoms with Crippen LogP contribution in [0.2, 0.25) is 0 Å². The van der Waals surface area contributed by atoms with Crippen molar-refractivity contribution in [1.82, 2.24) is 0 Å². The minimum Gasteiger partial charge on any atom is -0.507 e. The van der Waals surface area contributed by atoms with Crippen molar-refractivity contribution in [3.8, 4) is 22.6 Å². The van der Waals surface area contributed by atoms with Crippen LogP contribution in [0.4, 0.5) is 0 Å². The Bertz CT molecular complexity index is 732. The molecule has 3 aromatic rings.